The fourth-order valence-corrected chi connectivity index (χ4v) is 1.21. The first-order chi connectivity index (χ1) is 7.61. The number of nitrogens with one attached hydrogen (secondary N) is 1. The lowest BCUT2D eigenvalue weighted by molar-refractivity contribution is -0.121. The molecule has 1 rings (SSSR count). The van der Waals surface area contributed by atoms with Crippen molar-refractivity contribution in [3.8, 4) is 0 Å². The summed E-state index contributed by atoms with van der Waals surface area (Å²) in [5.74, 6) is 0.381. The zero-order valence-electron chi connectivity index (χ0n) is 9.81. The number of hydrogen-bond donors (Lipinski definition) is 2. The van der Waals surface area contributed by atoms with E-state index in [0.29, 0.717) is 12.4 Å². The molecular weight excluding hydrogens is 206 g/mol. The molecule has 0 aliphatic carbocycles. The molecule has 1 amide bonds. The normalized spacial score (nSPS) is 10.7. The van der Waals surface area contributed by atoms with Crippen molar-refractivity contribution in [2.45, 2.75) is 13.5 Å². The van der Waals surface area contributed by atoms with Crippen LogP contribution in [0.3, 0.4) is 0 Å². The molecule has 0 aliphatic heterocycles. The third kappa shape index (κ3) is 4.31. The maximum absolute atomic E-state index is 11.5. The van der Waals surface area contributed by atoms with Crippen molar-refractivity contribution >= 4 is 11.7 Å². The van der Waals surface area contributed by atoms with Crippen LogP contribution in [0.1, 0.15) is 6.92 Å². The van der Waals surface area contributed by atoms with Gasteiger partial charge in [0.15, 0.2) is 0 Å². The lowest BCUT2D eigenvalue weighted by Gasteiger charge is -2.13. The highest BCUT2D eigenvalue weighted by Crippen LogP contribution is 1.94. The minimum absolute atomic E-state index is 0.0485. The molecule has 16 heavy (non-hydrogen) atoms. The lowest BCUT2D eigenvalue weighted by atomic mass is 10.5. The van der Waals surface area contributed by atoms with E-state index in [2.05, 4.69) is 22.2 Å². The summed E-state index contributed by atoms with van der Waals surface area (Å²) in [7, 11) is 2.01. The molecule has 6 heteroatoms. The fourth-order valence-electron chi connectivity index (χ4n) is 1.21. The Kier molecular flexibility index (Phi) is 4.78. The zero-order valence-corrected chi connectivity index (χ0v) is 9.81. The molecule has 0 radical (unpaired) electrons. The van der Waals surface area contributed by atoms with E-state index in [-0.39, 0.29) is 12.5 Å². The van der Waals surface area contributed by atoms with Gasteiger partial charge >= 0.3 is 0 Å². The predicted molar refractivity (Wildman–Crippen MR) is 62.8 cm³/mol. The fraction of sp³-hybridized carbons (Fsp3) is 0.600. The van der Waals surface area contributed by atoms with Crippen molar-refractivity contribution in [3.63, 3.8) is 0 Å². The van der Waals surface area contributed by atoms with Crippen LogP contribution in [-0.4, -0.2) is 47.3 Å². The minimum atomic E-state index is -0.0485. The van der Waals surface area contributed by atoms with Gasteiger partial charge in [-0.25, -0.2) is 0 Å². The van der Waals surface area contributed by atoms with Crippen LogP contribution in [0, 0.1) is 0 Å². The van der Waals surface area contributed by atoms with E-state index in [1.54, 1.807) is 12.3 Å². The maximum atomic E-state index is 11.5. The topological polar surface area (TPSA) is 76.2 Å². The van der Waals surface area contributed by atoms with E-state index in [0.717, 1.165) is 13.1 Å². The molecule has 0 saturated carbocycles. The lowest BCUT2D eigenvalue weighted by Crippen LogP contribution is -2.34. The summed E-state index contributed by atoms with van der Waals surface area (Å²) in [5, 5.41) is 6.76. The molecule has 0 fully saturated rings. The van der Waals surface area contributed by atoms with Gasteiger partial charge in [-0.15, -0.1) is 0 Å². The molecule has 1 aromatic heterocycles. The standard InChI is InChI=1S/C10H19N5O/c1-3-14(2)7-5-12-10(16)8-15-6-4-9(11)13-15/h4,6H,3,5,7-8H2,1-2H3,(H2,11,13)(H,12,16). The molecule has 0 bridgehead atoms. The van der Waals surface area contributed by atoms with Gasteiger partial charge < -0.3 is 16.0 Å². The predicted octanol–water partition coefficient (Wildman–Crippen LogP) is -0.467. The summed E-state index contributed by atoms with van der Waals surface area (Å²) in [4.78, 5) is 13.6. The molecule has 0 aliphatic rings. The number of rotatable bonds is 6. The molecule has 0 saturated heterocycles. The molecule has 1 heterocycles. The van der Waals surface area contributed by atoms with Gasteiger partial charge in [0.25, 0.3) is 0 Å². The van der Waals surface area contributed by atoms with Crippen molar-refractivity contribution in [1.82, 2.24) is 20.0 Å². The molecule has 1 aromatic rings. The van der Waals surface area contributed by atoms with Gasteiger partial charge in [0, 0.05) is 19.3 Å². The number of hydrogen-bond acceptors (Lipinski definition) is 4. The molecule has 0 atom stereocenters. The van der Waals surface area contributed by atoms with Crippen molar-refractivity contribution in [2.24, 2.45) is 0 Å². The quantitative estimate of drug-likeness (QED) is 0.686. The molecule has 0 aromatic carbocycles. The Morgan fingerprint density at radius 3 is 3.00 bits per heavy atom. The summed E-state index contributed by atoms with van der Waals surface area (Å²) in [6.45, 7) is 4.77. The number of amides is 1. The second-order valence-corrected chi connectivity index (χ2v) is 3.68. The number of nitrogens with two attached hydrogens (primary N) is 1. The largest absolute Gasteiger partial charge is 0.382 e. The highest BCUT2D eigenvalue weighted by molar-refractivity contribution is 5.75. The number of carbonyl (C=O) groups is 1. The van der Waals surface area contributed by atoms with Crippen LogP contribution in [0.5, 0.6) is 0 Å². The van der Waals surface area contributed by atoms with Crippen LogP contribution < -0.4 is 11.1 Å². The third-order valence-corrected chi connectivity index (χ3v) is 2.32. The molecule has 3 N–H and O–H groups in total. The van der Waals surface area contributed by atoms with Crippen molar-refractivity contribution in [1.29, 1.82) is 0 Å². The van der Waals surface area contributed by atoms with Crippen molar-refractivity contribution in [3.05, 3.63) is 12.3 Å². The summed E-state index contributed by atoms with van der Waals surface area (Å²) in [5.41, 5.74) is 5.44. The smallest absolute Gasteiger partial charge is 0.241 e. The summed E-state index contributed by atoms with van der Waals surface area (Å²) >= 11 is 0. The van der Waals surface area contributed by atoms with Gasteiger partial charge in [-0.05, 0) is 19.7 Å². The van der Waals surface area contributed by atoms with Crippen LogP contribution >= 0.6 is 0 Å². The Labute approximate surface area is 95.4 Å². The van der Waals surface area contributed by atoms with Crippen LogP contribution in [0.25, 0.3) is 0 Å². The van der Waals surface area contributed by atoms with Crippen LogP contribution in [-0.2, 0) is 11.3 Å². The minimum Gasteiger partial charge on any atom is -0.382 e. The number of nitrogens with zero attached hydrogens (tertiary/aromatic N) is 3. The van der Waals surface area contributed by atoms with Gasteiger partial charge in [0.1, 0.15) is 12.4 Å². The van der Waals surface area contributed by atoms with E-state index >= 15 is 0 Å². The van der Waals surface area contributed by atoms with Crippen molar-refractivity contribution in [2.75, 3.05) is 32.4 Å². The van der Waals surface area contributed by atoms with Gasteiger partial charge in [0.05, 0.1) is 0 Å². The second kappa shape index (κ2) is 6.12. The highest BCUT2D eigenvalue weighted by Gasteiger charge is 2.03. The van der Waals surface area contributed by atoms with E-state index in [1.165, 1.54) is 4.68 Å². The molecular formula is C10H19N5O. The first-order valence-corrected chi connectivity index (χ1v) is 5.36. The van der Waals surface area contributed by atoms with Crippen LogP contribution in [0.4, 0.5) is 5.82 Å². The first-order valence-electron chi connectivity index (χ1n) is 5.36. The highest BCUT2D eigenvalue weighted by atomic mass is 16.2. The Balaban J connectivity index is 2.21. The number of carbonyl (C=O) groups excluding carboxylic acids is 1. The number of anilines is 1. The number of likely N-dealkylation sites (N-methyl/N-ethyl adjacent to an activating group) is 1. The summed E-state index contributed by atoms with van der Waals surface area (Å²) in [6, 6.07) is 1.66. The average molecular weight is 225 g/mol. The summed E-state index contributed by atoms with van der Waals surface area (Å²) < 4.78 is 1.52. The maximum Gasteiger partial charge on any atom is 0.241 e. The second-order valence-electron chi connectivity index (χ2n) is 3.68. The molecule has 6 nitrogen and oxygen atoms in total. The van der Waals surface area contributed by atoms with Crippen LogP contribution in [0.15, 0.2) is 12.3 Å². The number of aromatic nitrogens is 2. The summed E-state index contributed by atoms with van der Waals surface area (Å²) in [6.07, 6.45) is 1.69. The Morgan fingerprint density at radius 1 is 1.69 bits per heavy atom. The van der Waals surface area contributed by atoms with Gasteiger partial charge in [-0.3, -0.25) is 9.48 Å². The van der Waals surface area contributed by atoms with Gasteiger partial charge in [-0.1, -0.05) is 6.92 Å². The van der Waals surface area contributed by atoms with E-state index in [9.17, 15) is 4.79 Å². The van der Waals surface area contributed by atoms with E-state index < -0.39 is 0 Å². The Bertz CT molecular complexity index is 336. The Morgan fingerprint density at radius 2 is 2.44 bits per heavy atom. The average Bonchev–Trinajstić information content (AvgIpc) is 2.63. The van der Waals surface area contributed by atoms with E-state index in [4.69, 9.17) is 5.73 Å². The zero-order chi connectivity index (χ0) is 12.0. The monoisotopic (exact) mass is 225 g/mol. The van der Waals surface area contributed by atoms with Gasteiger partial charge in [-0.2, -0.15) is 5.10 Å². The molecule has 0 spiro atoms. The Hall–Kier alpha value is -1.56. The molecule has 90 valence electrons. The SMILES string of the molecule is CCN(C)CCNC(=O)Cn1ccc(N)n1. The van der Waals surface area contributed by atoms with Crippen LogP contribution in [0.2, 0.25) is 0 Å². The third-order valence-electron chi connectivity index (χ3n) is 2.32. The first kappa shape index (κ1) is 12.5. The van der Waals surface area contributed by atoms with Crippen molar-refractivity contribution < 1.29 is 4.79 Å². The van der Waals surface area contributed by atoms with E-state index in [1.807, 2.05) is 7.05 Å². The number of nitrogen functional groups attached to an aromatic ring is 1. The molecule has 0 unspecified atom stereocenters. The van der Waals surface area contributed by atoms with Gasteiger partial charge in [0.2, 0.25) is 5.91 Å².